The molecule has 1 aliphatic rings. The van der Waals surface area contributed by atoms with Gasteiger partial charge in [-0.05, 0) is 32.9 Å². The van der Waals surface area contributed by atoms with E-state index in [9.17, 15) is 8.42 Å². The topological polar surface area (TPSA) is 49.4 Å². The summed E-state index contributed by atoms with van der Waals surface area (Å²) in [4.78, 5) is 1.02. The SMILES string of the molecule is Cc1ccc(S(=O)(=O)N2CCNCC2(C)C)s1. The zero-order valence-electron chi connectivity index (χ0n) is 10.4. The predicted octanol–water partition coefficient (Wildman–Crippen LogP) is 1.43. The summed E-state index contributed by atoms with van der Waals surface area (Å²) in [5.74, 6) is 0. The average Bonchev–Trinajstić information content (AvgIpc) is 2.64. The minimum atomic E-state index is -3.34. The van der Waals surface area contributed by atoms with E-state index in [1.54, 1.807) is 10.4 Å². The fraction of sp³-hybridized carbons (Fsp3) is 0.636. The molecule has 96 valence electrons. The van der Waals surface area contributed by atoms with Crippen molar-refractivity contribution < 1.29 is 8.42 Å². The van der Waals surface area contributed by atoms with E-state index < -0.39 is 10.0 Å². The highest BCUT2D eigenvalue weighted by Crippen LogP contribution is 2.29. The molecule has 1 fully saturated rings. The Kier molecular flexibility index (Phi) is 3.33. The van der Waals surface area contributed by atoms with Crippen LogP contribution in [0.15, 0.2) is 16.3 Å². The van der Waals surface area contributed by atoms with E-state index in [1.165, 1.54) is 11.3 Å². The Morgan fingerprint density at radius 3 is 2.65 bits per heavy atom. The van der Waals surface area contributed by atoms with Gasteiger partial charge in [0, 0.05) is 30.1 Å². The maximum absolute atomic E-state index is 12.5. The van der Waals surface area contributed by atoms with E-state index in [-0.39, 0.29) is 5.54 Å². The summed E-state index contributed by atoms with van der Waals surface area (Å²) in [6.07, 6.45) is 0. The molecular weight excluding hydrogens is 256 g/mol. The van der Waals surface area contributed by atoms with Gasteiger partial charge in [0.1, 0.15) is 4.21 Å². The molecule has 4 nitrogen and oxygen atoms in total. The van der Waals surface area contributed by atoms with Crippen molar-refractivity contribution in [3.8, 4) is 0 Å². The lowest BCUT2D eigenvalue weighted by atomic mass is 10.0. The number of aryl methyl sites for hydroxylation is 1. The molecule has 1 N–H and O–H groups in total. The molecule has 0 spiro atoms. The molecule has 0 radical (unpaired) electrons. The van der Waals surface area contributed by atoms with Gasteiger partial charge in [0.05, 0.1) is 0 Å². The lowest BCUT2D eigenvalue weighted by Crippen LogP contribution is -2.59. The normalized spacial score (nSPS) is 21.6. The van der Waals surface area contributed by atoms with Gasteiger partial charge in [-0.25, -0.2) is 8.42 Å². The molecular formula is C11H18N2O2S2. The third-order valence-electron chi connectivity index (χ3n) is 2.98. The summed E-state index contributed by atoms with van der Waals surface area (Å²) in [6, 6.07) is 3.56. The molecule has 2 heterocycles. The van der Waals surface area contributed by atoms with Crippen LogP contribution in [0.3, 0.4) is 0 Å². The Morgan fingerprint density at radius 2 is 2.12 bits per heavy atom. The van der Waals surface area contributed by atoms with Gasteiger partial charge in [-0.2, -0.15) is 4.31 Å². The molecule has 1 aliphatic heterocycles. The van der Waals surface area contributed by atoms with Gasteiger partial charge in [-0.1, -0.05) is 0 Å². The van der Waals surface area contributed by atoms with Crippen molar-refractivity contribution in [3.05, 3.63) is 17.0 Å². The number of thiophene rings is 1. The lowest BCUT2D eigenvalue weighted by Gasteiger charge is -2.41. The van der Waals surface area contributed by atoms with Crippen LogP contribution < -0.4 is 5.32 Å². The zero-order chi connectivity index (χ0) is 12.7. The lowest BCUT2D eigenvalue weighted by molar-refractivity contribution is 0.186. The number of hydrogen-bond donors (Lipinski definition) is 1. The third kappa shape index (κ3) is 2.40. The Balaban J connectivity index is 2.38. The van der Waals surface area contributed by atoms with Crippen molar-refractivity contribution in [3.63, 3.8) is 0 Å². The highest BCUT2D eigenvalue weighted by Gasteiger charge is 2.39. The molecule has 0 amide bonds. The van der Waals surface area contributed by atoms with Crippen LogP contribution >= 0.6 is 11.3 Å². The van der Waals surface area contributed by atoms with Crippen molar-refractivity contribution in [2.45, 2.75) is 30.5 Å². The first-order valence-corrected chi connectivity index (χ1v) is 7.90. The largest absolute Gasteiger partial charge is 0.314 e. The van der Waals surface area contributed by atoms with Crippen LogP contribution in [0.1, 0.15) is 18.7 Å². The van der Waals surface area contributed by atoms with E-state index in [0.717, 1.165) is 4.88 Å². The fourth-order valence-corrected chi connectivity index (χ4v) is 5.25. The van der Waals surface area contributed by atoms with Gasteiger partial charge in [0.15, 0.2) is 0 Å². The van der Waals surface area contributed by atoms with E-state index in [1.807, 2.05) is 26.8 Å². The zero-order valence-corrected chi connectivity index (χ0v) is 12.0. The molecule has 0 aliphatic carbocycles. The molecule has 0 atom stereocenters. The van der Waals surface area contributed by atoms with Crippen molar-refractivity contribution in [2.75, 3.05) is 19.6 Å². The van der Waals surface area contributed by atoms with Crippen LogP contribution in [0.2, 0.25) is 0 Å². The van der Waals surface area contributed by atoms with Crippen molar-refractivity contribution in [1.82, 2.24) is 9.62 Å². The average molecular weight is 274 g/mol. The summed E-state index contributed by atoms with van der Waals surface area (Å²) in [7, 11) is -3.34. The first-order chi connectivity index (χ1) is 7.84. The van der Waals surface area contributed by atoms with Crippen LogP contribution in [0.5, 0.6) is 0 Å². The predicted molar refractivity (Wildman–Crippen MR) is 69.9 cm³/mol. The van der Waals surface area contributed by atoms with Crippen LogP contribution in [0, 0.1) is 6.92 Å². The van der Waals surface area contributed by atoms with Crippen molar-refractivity contribution >= 4 is 21.4 Å². The second-order valence-corrected chi connectivity index (χ2v) is 8.31. The van der Waals surface area contributed by atoms with Crippen molar-refractivity contribution in [1.29, 1.82) is 0 Å². The summed E-state index contributed by atoms with van der Waals surface area (Å²) in [5, 5.41) is 3.23. The van der Waals surface area contributed by atoms with Gasteiger partial charge in [-0.3, -0.25) is 0 Å². The second kappa shape index (κ2) is 4.35. The molecule has 1 aromatic heterocycles. The Hall–Kier alpha value is -0.430. The number of rotatable bonds is 2. The Labute approximate surface area is 107 Å². The molecule has 0 saturated carbocycles. The van der Waals surface area contributed by atoms with Gasteiger partial charge in [-0.15, -0.1) is 11.3 Å². The quantitative estimate of drug-likeness (QED) is 0.887. The van der Waals surface area contributed by atoms with Crippen LogP contribution in [0.25, 0.3) is 0 Å². The van der Waals surface area contributed by atoms with Crippen LogP contribution in [-0.2, 0) is 10.0 Å². The van der Waals surface area contributed by atoms with E-state index in [2.05, 4.69) is 5.32 Å². The van der Waals surface area contributed by atoms with E-state index in [4.69, 9.17) is 0 Å². The van der Waals surface area contributed by atoms with Crippen LogP contribution in [-0.4, -0.2) is 37.9 Å². The monoisotopic (exact) mass is 274 g/mol. The molecule has 0 unspecified atom stereocenters. The minimum Gasteiger partial charge on any atom is -0.314 e. The number of hydrogen-bond acceptors (Lipinski definition) is 4. The first kappa shape index (κ1) is 13.0. The van der Waals surface area contributed by atoms with Crippen molar-refractivity contribution in [2.24, 2.45) is 0 Å². The maximum Gasteiger partial charge on any atom is 0.253 e. The van der Waals surface area contributed by atoms with Gasteiger partial charge >= 0.3 is 0 Å². The molecule has 1 aromatic rings. The van der Waals surface area contributed by atoms with Gasteiger partial charge in [0.25, 0.3) is 10.0 Å². The summed E-state index contributed by atoms with van der Waals surface area (Å²) >= 11 is 1.34. The number of nitrogens with one attached hydrogen (secondary N) is 1. The Morgan fingerprint density at radius 1 is 1.41 bits per heavy atom. The highest BCUT2D eigenvalue weighted by atomic mass is 32.2. The number of nitrogens with zero attached hydrogens (tertiary/aromatic N) is 1. The number of sulfonamides is 1. The number of piperazine rings is 1. The first-order valence-electron chi connectivity index (χ1n) is 5.64. The van der Waals surface area contributed by atoms with E-state index in [0.29, 0.717) is 23.8 Å². The van der Waals surface area contributed by atoms with E-state index >= 15 is 0 Å². The second-order valence-electron chi connectivity index (χ2n) is 4.93. The maximum atomic E-state index is 12.5. The third-order valence-corrected chi connectivity index (χ3v) is 6.56. The highest BCUT2D eigenvalue weighted by molar-refractivity contribution is 7.91. The molecule has 6 heteroatoms. The summed E-state index contributed by atoms with van der Waals surface area (Å²) in [5.41, 5.74) is -0.366. The minimum absolute atomic E-state index is 0.366. The molecule has 0 bridgehead atoms. The standard InChI is InChI=1S/C11H18N2O2S2/c1-9-4-5-10(16-9)17(14,15)13-7-6-12-8-11(13,2)3/h4-5,12H,6-8H2,1-3H3. The summed E-state index contributed by atoms with van der Waals surface area (Å²) in [6.45, 7) is 7.77. The molecule has 17 heavy (non-hydrogen) atoms. The van der Waals surface area contributed by atoms with Gasteiger partial charge in [0.2, 0.25) is 0 Å². The molecule has 1 saturated heterocycles. The smallest absolute Gasteiger partial charge is 0.253 e. The van der Waals surface area contributed by atoms with Gasteiger partial charge < -0.3 is 5.32 Å². The molecule has 0 aromatic carbocycles. The fourth-order valence-electron chi connectivity index (χ4n) is 2.07. The Bertz CT molecular complexity index is 505. The van der Waals surface area contributed by atoms with Crippen LogP contribution in [0.4, 0.5) is 0 Å². The summed E-state index contributed by atoms with van der Waals surface area (Å²) < 4.78 is 27.1. The molecule has 2 rings (SSSR count).